The lowest BCUT2D eigenvalue weighted by Gasteiger charge is -1.96. The Kier molecular flexibility index (Phi) is 0.797. The molecular weight excluding hydrogens is 104 g/mol. The quantitative estimate of drug-likeness (QED) is 0.438. The molecular formula is C5H8N2O. The summed E-state index contributed by atoms with van der Waals surface area (Å²) in [6, 6.07) is 0.454. The Morgan fingerprint density at radius 2 is 2.75 bits per heavy atom. The lowest BCUT2D eigenvalue weighted by Crippen LogP contribution is -2.27. The molecule has 2 aliphatic rings. The highest BCUT2D eigenvalue weighted by Gasteiger charge is 2.25. The normalized spacial score (nSPS) is 34.0. The summed E-state index contributed by atoms with van der Waals surface area (Å²) in [6.07, 6.45) is 2.06. The van der Waals surface area contributed by atoms with Crippen molar-refractivity contribution < 1.29 is 4.84 Å². The molecule has 1 unspecified atom stereocenters. The number of hydrogen-bond acceptors (Lipinski definition) is 3. The Morgan fingerprint density at radius 1 is 1.75 bits per heavy atom. The summed E-state index contributed by atoms with van der Waals surface area (Å²) in [5.41, 5.74) is 2.79. The summed E-state index contributed by atoms with van der Waals surface area (Å²) >= 11 is 0. The molecule has 0 saturated carbocycles. The number of hydrogen-bond donors (Lipinski definition) is 2. The average Bonchev–Trinajstić information content (AvgIpc) is 2.15. The fourth-order valence-corrected chi connectivity index (χ4v) is 1.04. The number of nitrogens with one attached hydrogen (secondary N) is 2. The zero-order valence-corrected chi connectivity index (χ0v) is 4.48. The Hall–Kier alpha value is -0.540. The fourth-order valence-electron chi connectivity index (χ4n) is 1.04. The third kappa shape index (κ3) is 0.454. The van der Waals surface area contributed by atoms with Gasteiger partial charge in [-0.15, -0.1) is 0 Å². The van der Waals surface area contributed by atoms with E-state index in [-0.39, 0.29) is 0 Å². The zero-order chi connectivity index (χ0) is 5.40. The minimum Gasteiger partial charge on any atom is -0.412 e. The molecule has 1 atom stereocenters. The predicted molar refractivity (Wildman–Crippen MR) is 29.0 cm³/mol. The molecule has 0 aliphatic carbocycles. The van der Waals surface area contributed by atoms with E-state index in [4.69, 9.17) is 4.84 Å². The van der Waals surface area contributed by atoms with Crippen LogP contribution in [0.25, 0.3) is 0 Å². The minimum atomic E-state index is 0.454. The highest BCUT2D eigenvalue weighted by molar-refractivity contribution is 5.13. The van der Waals surface area contributed by atoms with Crippen LogP contribution in [0.2, 0.25) is 0 Å². The maximum absolute atomic E-state index is 5.03. The van der Waals surface area contributed by atoms with E-state index >= 15 is 0 Å². The van der Waals surface area contributed by atoms with Crippen molar-refractivity contribution in [1.82, 2.24) is 10.8 Å². The van der Waals surface area contributed by atoms with Gasteiger partial charge >= 0.3 is 0 Å². The molecule has 0 aromatic carbocycles. The first kappa shape index (κ1) is 4.35. The topological polar surface area (TPSA) is 33.3 Å². The molecule has 2 rings (SSSR count). The maximum Gasteiger partial charge on any atom is 0.139 e. The molecule has 1 fully saturated rings. The summed E-state index contributed by atoms with van der Waals surface area (Å²) in [6.45, 7) is 1.87. The first-order valence-electron chi connectivity index (χ1n) is 2.80. The molecule has 0 amide bonds. The third-order valence-corrected chi connectivity index (χ3v) is 1.49. The predicted octanol–water partition coefficient (Wildman–Crippen LogP) is -0.623. The van der Waals surface area contributed by atoms with E-state index in [1.165, 1.54) is 0 Å². The van der Waals surface area contributed by atoms with Gasteiger partial charge in [-0.3, -0.25) is 0 Å². The van der Waals surface area contributed by atoms with Crippen molar-refractivity contribution in [3.63, 3.8) is 0 Å². The Balaban J connectivity index is 2.20. The molecule has 0 radical (unpaired) electrons. The molecule has 0 aromatic rings. The van der Waals surface area contributed by atoms with Crippen LogP contribution in [0.4, 0.5) is 0 Å². The molecule has 3 heteroatoms. The van der Waals surface area contributed by atoms with Gasteiger partial charge in [0.1, 0.15) is 5.76 Å². The van der Waals surface area contributed by atoms with Crippen molar-refractivity contribution in [2.75, 3.05) is 13.1 Å². The summed E-state index contributed by atoms with van der Waals surface area (Å²) in [5, 5.41) is 3.24. The molecule has 2 aliphatic heterocycles. The minimum absolute atomic E-state index is 0.454. The number of fused-ring (bicyclic) bond motifs is 1. The van der Waals surface area contributed by atoms with E-state index in [0.29, 0.717) is 6.04 Å². The van der Waals surface area contributed by atoms with Gasteiger partial charge in [0, 0.05) is 6.54 Å². The van der Waals surface area contributed by atoms with Gasteiger partial charge in [-0.2, -0.15) is 5.48 Å². The Bertz CT molecular complexity index is 132. The fraction of sp³-hybridized carbons (Fsp3) is 0.600. The van der Waals surface area contributed by atoms with Gasteiger partial charge in [-0.1, -0.05) is 0 Å². The Morgan fingerprint density at radius 3 is 3.62 bits per heavy atom. The molecule has 0 spiro atoms. The lowest BCUT2D eigenvalue weighted by molar-refractivity contribution is 0.156. The van der Waals surface area contributed by atoms with Crippen LogP contribution in [0, 0.1) is 0 Å². The maximum atomic E-state index is 5.03. The second-order valence-corrected chi connectivity index (χ2v) is 2.02. The van der Waals surface area contributed by atoms with Crippen LogP contribution >= 0.6 is 0 Å². The molecule has 0 bridgehead atoms. The highest BCUT2D eigenvalue weighted by atomic mass is 16.7. The van der Waals surface area contributed by atoms with E-state index < -0.39 is 0 Å². The van der Waals surface area contributed by atoms with Gasteiger partial charge in [0.05, 0.1) is 12.6 Å². The first-order chi connectivity index (χ1) is 3.97. The number of rotatable bonds is 0. The van der Waals surface area contributed by atoms with Gasteiger partial charge in [0.25, 0.3) is 0 Å². The van der Waals surface area contributed by atoms with Gasteiger partial charge in [-0.25, -0.2) is 0 Å². The van der Waals surface area contributed by atoms with Gasteiger partial charge < -0.3 is 10.2 Å². The van der Waals surface area contributed by atoms with Crippen molar-refractivity contribution in [2.24, 2.45) is 0 Å². The van der Waals surface area contributed by atoms with Crippen LogP contribution < -0.4 is 10.8 Å². The molecule has 2 N–H and O–H groups in total. The summed E-state index contributed by atoms with van der Waals surface area (Å²) < 4.78 is 0. The van der Waals surface area contributed by atoms with Crippen molar-refractivity contribution in [3.8, 4) is 0 Å². The molecule has 8 heavy (non-hydrogen) atoms. The van der Waals surface area contributed by atoms with Crippen molar-refractivity contribution in [3.05, 3.63) is 11.8 Å². The largest absolute Gasteiger partial charge is 0.412 e. The van der Waals surface area contributed by atoms with Gasteiger partial charge in [0.2, 0.25) is 0 Å². The molecule has 2 heterocycles. The van der Waals surface area contributed by atoms with Gasteiger partial charge in [-0.05, 0) is 6.08 Å². The van der Waals surface area contributed by atoms with Crippen molar-refractivity contribution in [2.45, 2.75) is 6.04 Å². The molecule has 0 aromatic heterocycles. The van der Waals surface area contributed by atoms with E-state index in [1.807, 2.05) is 0 Å². The molecule has 44 valence electrons. The van der Waals surface area contributed by atoms with E-state index in [2.05, 4.69) is 16.9 Å². The zero-order valence-electron chi connectivity index (χ0n) is 4.48. The second-order valence-electron chi connectivity index (χ2n) is 2.02. The second kappa shape index (κ2) is 1.47. The smallest absolute Gasteiger partial charge is 0.139 e. The van der Waals surface area contributed by atoms with E-state index in [0.717, 1.165) is 18.8 Å². The first-order valence-corrected chi connectivity index (χ1v) is 2.80. The van der Waals surface area contributed by atoms with E-state index in [1.54, 1.807) is 0 Å². The molecule has 3 nitrogen and oxygen atoms in total. The van der Waals surface area contributed by atoms with Gasteiger partial charge in [0.15, 0.2) is 0 Å². The van der Waals surface area contributed by atoms with Crippen LogP contribution in [0.1, 0.15) is 0 Å². The number of hydroxylamine groups is 1. The highest BCUT2D eigenvalue weighted by Crippen LogP contribution is 2.12. The lowest BCUT2D eigenvalue weighted by atomic mass is 10.3. The van der Waals surface area contributed by atoms with Crippen LogP contribution in [-0.4, -0.2) is 19.1 Å². The average molecular weight is 112 g/mol. The summed E-state index contributed by atoms with van der Waals surface area (Å²) in [7, 11) is 0. The summed E-state index contributed by atoms with van der Waals surface area (Å²) in [4.78, 5) is 5.03. The van der Waals surface area contributed by atoms with Crippen LogP contribution in [0.15, 0.2) is 11.8 Å². The monoisotopic (exact) mass is 112 g/mol. The van der Waals surface area contributed by atoms with Crippen molar-refractivity contribution >= 4 is 0 Å². The van der Waals surface area contributed by atoms with E-state index in [9.17, 15) is 0 Å². The van der Waals surface area contributed by atoms with Crippen LogP contribution in [0.3, 0.4) is 0 Å². The Labute approximate surface area is 47.7 Å². The summed E-state index contributed by atoms with van der Waals surface area (Å²) in [5.74, 6) is 1.06. The van der Waals surface area contributed by atoms with Crippen LogP contribution in [0.5, 0.6) is 0 Å². The third-order valence-electron chi connectivity index (χ3n) is 1.49. The SMILES string of the molecule is C1=C2ONCC2NC1. The molecule has 1 saturated heterocycles. The van der Waals surface area contributed by atoms with Crippen LogP contribution in [-0.2, 0) is 4.84 Å². The van der Waals surface area contributed by atoms with Crippen molar-refractivity contribution in [1.29, 1.82) is 0 Å². The standard InChI is InChI=1S/C5H8N2O/c1-2-6-4-3-7-8-5(1)4/h1,4,6-7H,2-3H2.